The molecule has 1 heterocycles. The Labute approximate surface area is 99.5 Å². The Morgan fingerprint density at radius 2 is 2.29 bits per heavy atom. The summed E-state index contributed by atoms with van der Waals surface area (Å²) < 4.78 is 23.8. The van der Waals surface area contributed by atoms with Crippen LogP contribution in [-0.4, -0.2) is 25.1 Å². The van der Waals surface area contributed by atoms with E-state index < -0.39 is 11.4 Å². The van der Waals surface area contributed by atoms with E-state index in [4.69, 9.17) is 9.47 Å². The molecule has 92 valence electrons. The molecule has 0 N–H and O–H groups in total. The van der Waals surface area contributed by atoms with Crippen LogP contribution >= 0.6 is 0 Å². The van der Waals surface area contributed by atoms with E-state index in [0.717, 1.165) is 0 Å². The second-order valence-electron chi connectivity index (χ2n) is 4.54. The Morgan fingerprint density at radius 1 is 1.53 bits per heavy atom. The Hall–Kier alpha value is -1.42. The number of fused-ring (bicyclic) bond motifs is 1. The van der Waals surface area contributed by atoms with Crippen LogP contribution in [-0.2, 0) is 4.74 Å². The largest absolute Gasteiger partial charge is 0.486 e. The minimum atomic E-state index is -0.603. The second-order valence-corrected chi connectivity index (χ2v) is 4.54. The molecule has 0 amide bonds. The summed E-state index contributed by atoms with van der Waals surface area (Å²) >= 11 is 0. The second kappa shape index (κ2) is 4.45. The summed E-state index contributed by atoms with van der Waals surface area (Å²) in [6, 6.07) is 4.01. The first kappa shape index (κ1) is 12.0. The van der Waals surface area contributed by atoms with E-state index in [1.165, 1.54) is 18.2 Å². The minimum Gasteiger partial charge on any atom is -0.486 e. The molecular formula is C13H15FO3. The van der Waals surface area contributed by atoms with Crippen molar-refractivity contribution in [2.45, 2.75) is 25.4 Å². The van der Waals surface area contributed by atoms with Gasteiger partial charge in [0, 0.05) is 26.2 Å². The van der Waals surface area contributed by atoms with Gasteiger partial charge < -0.3 is 9.47 Å². The van der Waals surface area contributed by atoms with Crippen molar-refractivity contribution in [3.63, 3.8) is 0 Å². The third-order valence-electron chi connectivity index (χ3n) is 2.97. The number of carbonyl (C=O) groups excluding carboxylic acids is 1. The van der Waals surface area contributed by atoms with Crippen LogP contribution in [0.15, 0.2) is 18.2 Å². The Balaban J connectivity index is 2.28. The molecule has 1 aliphatic heterocycles. The van der Waals surface area contributed by atoms with E-state index in [2.05, 4.69) is 0 Å². The summed E-state index contributed by atoms with van der Waals surface area (Å²) in [7, 11) is 1.60. The molecular weight excluding hydrogens is 223 g/mol. The molecule has 1 aromatic carbocycles. The maximum atomic E-state index is 13.1. The summed E-state index contributed by atoms with van der Waals surface area (Å²) in [5, 5.41) is 0. The molecule has 0 aromatic heterocycles. The van der Waals surface area contributed by atoms with Crippen molar-refractivity contribution in [1.82, 2.24) is 0 Å². The number of methoxy groups -OCH3 is 1. The normalized spacial score (nSPS) is 23.1. The van der Waals surface area contributed by atoms with Gasteiger partial charge in [0.2, 0.25) is 0 Å². The maximum Gasteiger partial charge on any atom is 0.170 e. The van der Waals surface area contributed by atoms with Gasteiger partial charge in [-0.15, -0.1) is 0 Å². The zero-order valence-electron chi connectivity index (χ0n) is 9.96. The summed E-state index contributed by atoms with van der Waals surface area (Å²) in [5.74, 6) is -0.0720. The van der Waals surface area contributed by atoms with Crippen LogP contribution in [0, 0.1) is 5.82 Å². The van der Waals surface area contributed by atoms with Gasteiger partial charge in [-0.1, -0.05) is 0 Å². The highest BCUT2D eigenvalue weighted by atomic mass is 19.1. The van der Waals surface area contributed by atoms with Gasteiger partial charge in [-0.05, 0) is 19.1 Å². The molecule has 0 saturated carbocycles. The van der Waals surface area contributed by atoms with Crippen LogP contribution in [0.25, 0.3) is 0 Å². The molecule has 0 spiro atoms. The van der Waals surface area contributed by atoms with Crippen molar-refractivity contribution in [3.8, 4) is 5.75 Å². The smallest absolute Gasteiger partial charge is 0.170 e. The van der Waals surface area contributed by atoms with Crippen molar-refractivity contribution < 1.29 is 18.7 Å². The molecule has 0 fully saturated rings. The zero-order chi connectivity index (χ0) is 12.5. The first-order valence-electron chi connectivity index (χ1n) is 5.55. The lowest BCUT2D eigenvalue weighted by Crippen LogP contribution is -2.40. The first-order valence-corrected chi connectivity index (χ1v) is 5.55. The lowest BCUT2D eigenvalue weighted by Gasteiger charge is -2.34. The van der Waals surface area contributed by atoms with Gasteiger partial charge in [0.1, 0.15) is 17.2 Å². The van der Waals surface area contributed by atoms with Crippen molar-refractivity contribution in [2.75, 3.05) is 13.7 Å². The summed E-state index contributed by atoms with van der Waals surface area (Å²) in [5.41, 5.74) is -0.144. The lowest BCUT2D eigenvalue weighted by molar-refractivity contribution is 0.0288. The van der Waals surface area contributed by atoms with Gasteiger partial charge >= 0.3 is 0 Å². The highest BCUT2D eigenvalue weighted by Gasteiger charge is 2.36. The van der Waals surface area contributed by atoms with Crippen LogP contribution < -0.4 is 4.74 Å². The number of hydrogen-bond donors (Lipinski definition) is 0. The van der Waals surface area contributed by atoms with E-state index in [1.807, 2.05) is 6.92 Å². The van der Waals surface area contributed by atoms with Gasteiger partial charge in [-0.3, -0.25) is 4.79 Å². The number of Topliss-reactive ketones (excluding diaryl/α,β-unsaturated/α-hetero) is 1. The van der Waals surface area contributed by atoms with Crippen molar-refractivity contribution in [2.24, 2.45) is 0 Å². The van der Waals surface area contributed by atoms with Gasteiger partial charge in [0.05, 0.1) is 12.0 Å². The number of hydrogen-bond acceptors (Lipinski definition) is 3. The molecule has 3 nitrogen and oxygen atoms in total. The van der Waals surface area contributed by atoms with Gasteiger partial charge in [-0.25, -0.2) is 4.39 Å². The van der Waals surface area contributed by atoms with Crippen molar-refractivity contribution in [1.29, 1.82) is 0 Å². The highest BCUT2D eigenvalue weighted by molar-refractivity contribution is 6.00. The van der Waals surface area contributed by atoms with Crippen LogP contribution in [0.3, 0.4) is 0 Å². The van der Waals surface area contributed by atoms with E-state index in [0.29, 0.717) is 30.8 Å². The Kier molecular flexibility index (Phi) is 3.15. The molecule has 0 radical (unpaired) electrons. The van der Waals surface area contributed by atoms with Crippen LogP contribution in [0.5, 0.6) is 5.75 Å². The average molecular weight is 238 g/mol. The summed E-state index contributed by atoms with van der Waals surface area (Å²) in [4.78, 5) is 11.9. The monoisotopic (exact) mass is 238 g/mol. The highest BCUT2D eigenvalue weighted by Crippen LogP contribution is 2.35. The summed E-state index contributed by atoms with van der Waals surface area (Å²) in [6.07, 6.45) is 0.903. The number of ketones is 1. The molecule has 2 rings (SSSR count). The van der Waals surface area contributed by atoms with Crippen molar-refractivity contribution >= 4 is 5.78 Å². The standard InChI is InChI=1S/C13H15FO3/c1-13(5-6-16-2)8-11(15)10-4-3-9(14)7-12(10)17-13/h3-4,7H,5-6,8H2,1-2H3. The average Bonchev–Trinajstić information content (AvgIpc) is 2.25. The number of carbonyl (C=O) groups is 1. The number of benzene rings is 1. The van der Waals surface area contributed by atoms with Crippen LogP contribution in [0.2, 0.25) is 0 Å². The molecule has 4 heteroatoms. The Bertz CT molecular complexity index is 444. The summed E-state index contributed by atoms with van der Waals surface area (Å²) in [6.45, 7) is 2.35. The fourth-order valence-electron chi connectivity index (χ4n) is 2.00. The topological polar surface area (TPSA) is 35.5 Å². The molecule has 0 saturated heterocycles. The van der Waals surface area contributed by atoms with Crippen LogP contribution in [0.1, 0.15) is 30.1 Å². The van der Waals surface area contributed by atoms with E-state index >= 15 is 0 Å². The maximum absolute atomic E-state index is 13.1. The molecule has 1 aliphatic rings. The first-order chi connectivity index (χ1) is 8.04. The quantitative estimate of drug-likeness (QED) is 0.812. The molecule has 0 aliphatic carbocycles. The molecule has 1 unspecified atom stereocenters. The SMILES string of the molecule is COCCC1(C)CC(=O)c2ccc(F)cc2O1. The Morgan fingerprint density at radius 3 is 3.00 bits per heavy atom. The molecule has 0 bridgehead atoms. The van der Waals surface area contributed by atoms with Crippen LogP contribution in [0.4, 0.5) is 4.39 Å². The predicted molar refractivity (Wildman–Crippen MR) is 60.9 cm³/mol. The van der Waals surface area contributed by atoms with E-state index in [-0.39, 0.29) is 5.78 Å². The lowest BCUT2D eigenvalue weighted by atomic mass is 9.89. The van der Waals surface area contributed by atoms with E-state index in [9.17, 15) is 9.18 Å². The number of ether oxygens (including phenoxy) is 2. The van der Waals surface area contributed by atoms with Crippen molar-refractivity contribution in [3.05, 3.63) is 29.6 Å². The predicted octanol–water partition coefficient (Wildman–Crippen LogP) is 2.59. The zero-order valence-corrected chi connectivity index (χ0v) is 9.96. The third-order valence-corrected chi connectivity index (χ3v) is 2.97. The number of rotatable bonds is 3. The molecule has 17 heavy (non-hydrogen) atoms. The number of halogens is 1. The van der Waals surface area contributed by atoms with Gasteiger partial charge in [-0.2, -0.15) is 0 Å². The van der Waals surface area contributed by atoms with Gasteiger partial charge in [0.25, 0.3) is 0 Å². The fourth-order valence-corrected chi connectivity index (χ4v) is 2.00. The minimum absolute atomic E-state index is 0.00940. The van der Waals surface area contributed by atoms with Gasteiger partial charge in [0.15, 0.2) is 5.78 Å². The third kappa shape index (κ3) is 2.47. The molecule has 1 atom stereocenters. The fraction of sp³-hybridized carbons (Fsp3) is 0.462. The van der Waals surface area contributed by atoms with E-state index in [1.54, 1.807) is 7.11 Å². The molecule has 1 aromatic rings.